The van der Waals surface area contributed by atoms with E-state index < -0.39 is 0 Å². The van der Waals surface area contributed by atoms with E-state index in [0.717, 1.165) is 25.2 Å². The van der Waals surface area contributed by atoms with E-state index in [1.807, 2.05) is 0 Å². The van der Waals surface area contributed by atoms with E-state index in [1.54, 1.807) is 0 Å². The van der Waals surface area contributed by atoms with Gasteiger partial charge in [-0.15, -0.1) is 0 Å². The van der Waals surface area contributed by atoms with Crippen molar-refractivity contribution in [1.82, 2.24) is 0 Å². The van der Waals surface area contributed by atoms with Gasteiger partial charge in [0, 0.05) is 0 Å². The van der Waals surface area contributed by atoms with Crippen molar-refractivity contribution < 1.29 is 4.74 Å². The Labute approximate surface area is 86.5 Å². The second-order valence-electron chi connectivity index (χ2n) is 4.94. The van der Waals surface area contributed by atoms with Crippen molar-refractivity contribution >= 4 is 0 Å². The monoisotopic (exact) mass is 195 g/mol. The van der Waals surface area contributed by atoms with Crippen LogP contribution in [0.15, 0.2) is 11.8 Å². The molecule has 1 fully saturated rings. The van der Waals surface area contributed by atoms with Crippen molar-refractivity contribution in [2.45, 2.75) is 51.5 Å². The number of allylic oxidation sites excluding steroid dienone is 1. The molecule has 1 heterocycles. The summed E-state index contributed by atoms with van der Waals surface area (Å²) in [6.07, 6.45) is 9.66. The van der Waals surface area contributed by atoms with Gasteiger partial charge in [-0.3, -0.25) is 0 Å². The minimum atomic E-state index is 0.130. The average Bonchev–Trinajstić information content (AvgIpc) is 2.67. The van der Waals surface area contributed by atoms with E-state index >= 15 is 0 Å². The van der Waals surface area contributed by atoms with Crippen LogP contribution in [0.1, 0.15) is 45.4 Å². The Morgan fingerprint density at radius 3 is 2.64 bits per heavy atom. The topological polar surface area (TPSA) is 35.2 Å². The maximum atomic E-state index is 6.29. The van der Waals surface area contributed by atoms with Crippen LogP contribution in [-0.4, -0.2) is 12.6 Å². The van der Waals surface area contributed by atoms with Gasteiger partial charge in [-0.05, 0) is 37.2 Å². The van der Waals surface area contributed by atoms with Crippen LogP contribution in [0.4, 0.5) is 0 Å². The van der Waals surface area contributed by atoms with Gasteiger partial charge in [0.15, 0.2) is 0 Å². The first-order valence-electron chi connectivity index (χ1n) is 5.81. The van der Waals surface area contributed by atoms with E-state index in [0.29, 0.717) is 5.41 Å². The van der Waals surface area contributed by atoms with Gasteiger partial charge in [-0.1, -0.05) is 19.8 Å². The van der Waals surface area contributed by atoms with Crippen molar-refractivity contribution in [1.29, 1.82) is 0 Å². The van der Waals surface area contributed by atoms with Gasteiger partial charge in [-0.2, -0.15) is 0 Å². The highest BCUT2D eigenvalue weighted by Crippen LogP contribution is 2.42. The third kappa shape index (κ3) is 1.81. The molecule has 2 nitrogen and oxygen atoms in total. The van der Waals surface area contributed by atoms with Crippen LogP contribution < -0.4 is 5.73 Å². The second-order valence-corrected chi connectivity index (χ2v) is 4.94. The molecule has 0 saturated heterocycles. The smallest absolute Gasteiger partial charge is 0.109 e. The zero-order valence-electron chi connectivity index (χ0n) is 9.09. The van der Waals surface area contributed by atoms with Crippen molar-refractivity contribution in [2.24, 2.45) is 11.1 Å². The molecule has 0 aromatic carbocycles. The minimum Gasteiger partial charge on any atom is -0.497 e. The molecule has 0 radical (unpaired) electrons. The highest BCUT2D eigenvalue weighted by Gasteiger charge is 2.37. The summed E-state index contributed by atoms with van der Waals surface area (Å²) < 4.78 is 5.65. The Morgan fingerprint density at radius 2 is 2.07 bits per heavy atom. The van der Waals surface area contributed by atoms with Crippen molar-refractivity contribution in [3.05, 3.63) is 11.8 Å². The lowest BCUT2D eigenvalue weighted by atomic mass is 9.79. The van der Waals surface area contributed by atoms with Crippen LogP contribution in [0.25, 0.3) is 0 Å². The zero-order chi connectivity index (χ0) is 10.0. The van der Waals surface area contributed by atoms with Gasteiger partial charge in [0.05, 0.1) is 12.6 Å². The van der Waals surface area contributed by atoms with E-state index in [9.17, 15) is 0 Å². The van der Waals surface area contributed by atoms with Crippen LogP contribution in [0.5, 0.6) is 0 Å². The molecule has 0 bridgehead atoms. The summed E-state index contributed by atoms with van der Waals surface area (Å²) in [7, 11) is 0. The van der Waals surface area contributed by atoms with Crippen LogP contribution in [-0.2, 0) is 4.74 Å². The van der Waals surface area contributed by atoms with Gasteiger partial charge in [0.1, 0.15) is 5.76 Å². The highest BCUT2D eigenvalue weighted by atomic mass is 16.5. The predicted molar refractivity (Wildman–Crippen MR) is 57.8 cm³/mol. The number of nitrogens with two attached hydrogens (primary N) is 1. The minimum absolute atomic E-state index is 0.130. The SMILES string of the molecule is CC1(C(N)C2=CCCCO2)CCCC1. The fourth-order valence-corrected chi connectivity index (χ4v) is 2.63. The Bertz CT molecular complexity index is 228. The third-order valence-corrected chi connectivity index (χ3v) is 3.77. The molecular formula is C12H21NO. The lowest BCUT2D eigenvalue weighted by Gasteiger charge is -2.33. The fraction of sp³-hybridized carbons (Fsp3) is 0.833. The Hall–Kier alpha value is -0.500. The molecule has 1 aliphatic carbocycles. The molecule has 1 saturated carbocycles. The number of ether oxygens (including phenoxy) is 1. The van der Waals surface area contributed by atoms with Crippen LogP contribution in [0, 0.1) is 5.41 Å². The molecular weight excluding hydrogens is 174 g/mol. The molecule has 0 spiro atoms. The Balaban J connectivity index is 2.05. The molecule has 2 aliphatic rings. The lowest BCUT2D eigenvalue weighted by Crippen LogP contribution is -2.40. The largest absolute Gasteiger partial charge is 0.497 e. The van der Waals surface area contributed by atoms with E-state index in [-0.39, 0.29) is 6.04 Å². The highest BCUT2D eigenvalue weighted by molar-refractivity contribution is 5.11. The summed E-state index contributed by atoms with van der Waals surface area (Å²) in [5, 5.41) is 0. The summed E-state index contributed by atoms with van der Waals surface area (Å²) in [5.41, 5.74) is 6.59. The van der Waals surface area contributed by atoms with Crippen LogP contribution in [0.3, 0.4) is 0 Å². The summed E-state index contributed by atoms with van der Waals surface area (Å²) >= 11 is 0. The van der Waals surface area contributed by atoms with Gasteiger partial charge in [0.2, 0.25) is 0 Å². The van der Waals surface area contributed by atoms with Gasteiger partial charge >= 0.3 is 0 Å². The fourth-order valence-electron chi connectivity index (χ4n) is 2.63. The standard InChI is InChI=1S/C12H21NO/c1-12(7-3-4-8-12)11(13)10-6-2-5-9-14-10/h6,11H,2-5,7-9,13H2,1H3. The van der Waals surface area contributed by atoms with Crippen molar-refractivity contribution in [3.8, 4) is 0 Å². The molecule has 14 heavy (non-hydrogen) atoms. The number of rotatable bonds is 2. The predicted octanol–water partition coefficient (Wildman–Crippen LogP) is 2.59. The van der Waals surface area contributed by atoms with Crippen molar-refractivity contribution in [3.63, 3.8) is 0 Å². The summed E-state index contributed by atoms with van der Waals surface area (Å²) in [4.78, 5) is 0. The molecule has 2 N–H and O–H groups in total. The normalized spacial score (nSPS) is 28.0. The number of hydrogen-bond donors (Lipinski definition) is 1. The maximum absolute atomic E-state index is 6.29. The van der Waals surface area contributed by atoms with Crippen LogP contribution >= 0.6 is 0 Å². The molecule has 0 amide bonds. The summed E-state index contributed by atoms with van der Waals surface area (Å²) in [6.45, 7) is 3.17. The number of hydrogen-bond acceptors (Lipinski definition) is 2. The summed E-state index contributed by atoms with van der Waals surface area (Å²) in [6, 6.07) is 0.130. The Morgan fingerprint density at radius 1 is 1.36 bits per heavy atom. The molecule has 1 aliphatic heterocycles. The van der Waals surface area contributed by atoms with E-state index in [2.05, 4.69) is 13.0 Å². The first-order valence-corrected chi connectivity index (χ1v) is 5.81. The van der Waals surface area contributed by atoms with Crippen LogP contribution in [0.2, 0.25) is 0 Å². The molecule has 2 rings (SSSR count). The van der Waals surface area contributed by atoms with E-state index in [4.69, 9.17) is 10.5 Å². The maximum Gasteiger partial charge on any atom is 0.109 e. The molecule has 1 unspecified atom stereocenters. The molecule has 1 atom stereocenters. The third-order valence-electron chi connectivity index (χ3n) is 3.77. The van der Waals surface area contributed by atoms with E-state index in [1.165, 1.54) is 25.7 Å². The van der Waals surface area contributed by atoms with Crippen molar-refractivity contribution in [2.75, 3.05) is 6.61 Å². The average molecular weight is 195 g/mol. The molecule has 2 heteroatoms. The lowest BCUT2D eigenvalue weighted by molar-refractivity contribution is 0.136. The second kappa shape index (κ2) is 3.93. The Kier molecular flexibility index (Phi) is 2.82. The first-order chi connectivity index (χ1) is 6.72. The molecule has 80 valence electrons. The van der Waals surface area contributed by atoms with Gasteiger partial charge < -0.3 is 10.5 Å². The van der Waals surface area contributed by atoms with Gasteiger partial charge in [-0.25, -0.2) is 0 Å². The summed E-state index contributed by atoms with van der Waals surface area (Å²) in [5.74, 6) is 1.06. The molecule has 0 aromatic heterocycles. The zero-order valence-corrected chi connectivity index (χ0v) is 9.09. The van der Waals surface area contributed by atoms with Gasteiger partial charge in [0.25, 0.3) is 0 Å². The molecule has 0 aromatic rings. The quantitative estimate of drug-likeness (QED) is 0.735. The first kappa shape index (κ1) is 10.0.